The lowest BCUT2D eigenvalue weighted by Gasteiger charge is -2.22. The van der Waals surface area contributed by atoms with Gasteiger partial charge < -0.3 is 28.9 Å². The van der Waals surface area contributed by atoms with E-state index in [1.165, 1.54) is 22.3 Å². The zero-order valence-corrected chi connectivity index (χ0v) is 39.3. The Balaban J connectivity index is 1.19. The molecule has 0 radical (unpaired) electrons. The minimum absolute atomic E-state index is 0.257. The fraction of sp³-hybridized carbons (Fsp3) is 0.254. The van der Waals surface area contributed by atoms with Crippen LogP contribution in [-0.4, -0.2) is 58.6 Å². The smallest absolute Gasteiger partial charge is 0.119 e. The number of hydrogen-bond donors (Lipinski definition) is 2. The van der Waals surface area contributed by atoms with E-state index in [0.29, 0.717) is 13.2 Å². The second-order valence-electron chi connectivity index (χ2n) is 18.9. The SMILES string of the molecule is COC(C)(C)CCOc1ccc(-c2c3nc(c(-c4cc5c(cc4-c4ccccc4)CCC5)c4ccc([nH]4)c(-c4ccc(OCCC(C)(C)OC)cc4)c4nc(cc5ccc2[nH]5)C=C4)C=C3)cc1. The van der Waals surface area contributed by atoms with Crippen LogP contribution in [0.25, 0.3) is 90.9 Å². The molecular formula is C59H58N4O4. The molecule has 338 valence electrons. The summed E-state index contributed by atoms with van der Waals surface area (Å²) >= 11 is 0. The molecule has 0 amide bonds. The Morgan fingerprint density at radius 1 is 0.493 bits per heavy atom. The maximum absolute atomic E-state index is 6.20. The minimum atomic E-state index is -0.257. The molecule has 0 fully saturated rings. The van der Waals surface area contributed by atoms with E-state index in [-0.39, 0.29) is 11.2 Å². The Bertz CT molecular complexity index is 3110. The van der Waals surface area contributed by atoms with Crippen LogP contribution < -0.4 is 9.47 Å². The minimum Gasteiger partial charge on any atom is -0.493 e. The van der Waals surface area contributed by atoms with Gasteiger partial charge in [-0.25, -0.2) is 9.97 Å². The third-order valence-corrected chi connectivity index (χ3v) is 13.5. The molecule has 8 heteroatoms. The molecule has 67 heavy (non-hydrogen) atoms. The Morgan fingerprint density at radius 2 is 1.00 bits per heavy atom. The van der Waals surface area contributed by atoms with Gasteiger partial charge in [0.05, 0.1) is 47.2 Å². The van der Waals surface area contributed by atoms with Gasteiger partial charge >= 0.3 is 0 Å². The van der Waals surface area contributed by atoms with E-state index in [4.69, 9.17) is 28.9 Å². The largest absolute Gasteiger partial charge is 0.493 e. The van der Waals surface area contributed by atoms with Crippen molar-refractivity contribution in [1.82, 2.24) is 19.9 Å². The maximum atomic E-state index is 6.20. The third kappa shape index (κ3) is 9.37. The fourth-order valence-corrected chi connectivity index (χ4v) is 9.19. The summed E-state index contributed by atoms with van der Waals surface area (Å²) in [6.45, 7) is 9.41. The van der Waals surface area contributed by atoms with Gasteiger partial charge in [-0.05, 0) is 165 Å². The van der Waals surface area contributed by atoms with E-state index in [1.807, 2.05) is 24.3 Å². The van der Waals surface area contributed by atoms with Crippen LogP contribution in [0.5, 0.6) is 11.5 Å². The molecule has 0 unspecified atom stereocenters. The van der Waals surface area contributed by atoms with Crippen LogP contribution in [0.3, 0.4) is 0 Å². The highest BCUT2D eigenvalue weighted by Crippen LogP contribution is 2.43. The maximum Gasteiger partial charge on any atom is 0.119 e. The molecular weight excluding hydrogens is 829 g/mol. The molecule has 3 aromatic heterocycles. The standard InChI is InChI=1S/C59H58N4O4/c1-58(2,64-5)31-33-66-45-21-15-39(16-22-45)55-49-25-19-43(60-49)37-44-20-26-50(61-44)56(40-17-23-46(24-18-40)67-34-32-59(3,4)65-6)52-28-30-54(63-52)57(53-29-27-51(55)62-53)48-36-42-14-10-13-41(42)35-47(48)38-11-8-7-9-12-38/h7-9,11-12,15-30,35-37,60,63H,10,13-14,31-34H2,1-6H3. The molecule has 8 bridgehead atoms. The average molecular weight is 887 g/mol. The first kappa shape index (κ1) is 43.9. The van der Waals surface area contributed by atoms with E-state index in [1.54, 1.807) is 14.2 Å². The van der Waals surface area contributed by atoms with Crippen molar-refractivity contribution in [1.29, 1.82) is 0 Å². The van der Waals surface area contributed by atoms with Gasteiger partial charge in [-0.15, -0.1) is 0 Å². The molecule has 3 aliphatic rings. The van der Waals surface area contributed by atoms with Crippen molar-refractivity contribution in [3.05, 3.63) is 155 Å². The molecule has 8 nitrogen and oxygen atoms in total. The van der Waals surface area contributed by atoms with Crippen LogP contribution in [-0.2, 0) is 22.3 Å². The van der Waals surface area contributed by atoms with Gasteiger partial charge in [0.1, 0.15) is 11.5 Å². The summed E-state index contributed by atoms with van der Waals surface area (Å²) in [6, 6.07) is 43.1. The molecule has 1 aliphatic carbocycles. The summed E-state index contributed by atoms with van der Waals surface area (Å²) in [7, 11) is 3.48. The van der Waals surface area contributed by atoms with E-state index >= 15 is 0 Å². The number of aryl methyl sites for hydroxylation is 2. The quantitative estimate of drug-likeness (QED) is 0.113. The topological polar surface area (TPSA) is 94.3 Å². The third-order valence-electron chi connectivity index (χ3n) is 13.5. The van der Waals surface area contributed by atoms with E-state index in [2.05, 4.69) is 159 Å². The Morgan fingerprint density at radius 3 is 1.60 bits per heavy atom. The van der Waals surface area contributed by atoms with Crippen LogP contribution in [0.2, 0.25) is 0 Å². The van der Waals surface area contributed by atoms with Crippen molar-refractivity contribution in [3.8, 4) is 56.0 Å². The molecule has 0 saturated heterocycles. The van der Waals surface area contributed by atoms with Crippen LogP contribution >= 0.6 is 0 Å². The average Bonchev–Trinajstić information content (AvgIpc) is 4.21. The number of benzene rings is 4. The number of ether oxygens (including phenoxy) is 4. The number of hydrogen-bond acceptors (Lipinski definition) is 6. The Kier molecular flexibility index (Phi) is 12.0. The van der Waals surface area contributed by atoms with Crippen LogP contribution in [0.4, 0.5) is 0 Å². The first-order chi connectivity index (χ1) is 32.5. The first-order valence-electron chi connectivity index (χ1n) is 23.4. The summed E-state index contributed by atoms with van der Waals surface area (Å²) in [5, 5.41) is 0. The predicted molar refractivity (Wildman–Crippen MR) is 275 cm³/mol. The highest BCUT2D eigenvalue weighted by molar-refractivity contribution is 6.00. The molecule has 0 atom stereocenters. The number of nitrogens with zero attached hydrogens (tertiary/aromatic N) is 2. The predicted octanol–water partition coefficient (Wildman–Crippen LogP) is 14.2. The lowest BCUT2D eigenvalue weighted by atomic mass is 9.90. The number of nitrogens with one attached hydrogen (secondary N) is 2. The lowest BCUT2D eigenvalue weighted by Crippen LogP contribution is -2.25. The zero-order chi connectivity index (χ0) is 46.1. The Labute approximate surface area is 393 Å². The van der Waals surface area contributed by atoms with Gasteiger partial charge in [-0.1, -0.05) is 66.7 Å². The molecule has 2 aliphatic heterocycles. The van der Waals surface area contributed by atoms with Crippen LogP contribution in [0, 0.1) is 0 Å². The van der Waals surface area contributed by atoms with Gasteiger partial charge in [0.25, 0.3) is 0 Å². The molecule has 2 N–H and O–H groups in total. The highest BCUT2D eigenvalue weighted by Gasteiger charge is 2.23. The Hall–Kier alpha value is -7.00. The number of methoxy groups -OCH3 is 2. The summed E-state index contributed by atoms with van der Waals surface area (Å²) in [6.07, 6.45) is 13.4. The molecule has 4 aromatic carbocycles. The summed E-state index contributed by atoms with van der Waals surface area (Å²) in [4.78, 5) is 18.5. The summed E-state index contributed by atoms with van der Waals surface area (Å²) in [5.74, 6) is 1.62. The van der Waals surface area contributed by atoms with Gasteiger partial charge in [0, 0.05) is 65.8 Å². The lowest BCUT2D eigenvalue weighted by molar-refractivity contribution is 0.00511. The van der Waals surface area contributed by atoms with Crippen molar-refractivity contribution < 1.29 is 18.9 Å². The number of fused-ring (bicyclic) bond motifs is 9. The van der Waals surface area contributed by atoms with Gasteiger partial charge in [-0.2, -0.15) is 0 Å². The molecule has 10 rings (SSSR count). The van der Waals surface area contributed by atoms with Crippen molar-refractivity contribution in [2.24, 2.45) is 0 Å². The number of aromatic amines is 2. The second-order valence-corrected chi connectivity index (χ2v) is 18.9. The summed E-state index contributed by atoms with van der Waals surface area (Å²) in [5.41, 5.74) is 18.2. The van der Waals surface area contributed by atoms with Crippen LogP contribution in [0.15, 0.2) is 121 Å². The first-order valence-corrected chi connectivity index (χ1v) is 23.4. The molecule has 0 spiro atoms. The van der Waals surface area contributed by atoms with Gasteiger partial charge in [0.15, 0.2) is 0 Å². The second kappa shape index (κ2) is 18.4. The van der Waals surface area contributed by atoms with Crippen LogP contribution in [0.1, 0.15) is 80.9 Å². The molecule has 0 saturated carbocycles. The van der Waals surface area contributed by atoms with E-state index < -0.39 is 0 Å². The highest BCUT2D eigenvalue weighted by atomic mass is 16.5. The molecule has 5 heterocycles. The van der Waals surface area contributed by atoms with Gasteiger partial charge in [-0.3, -0.25) is 0 Å². The number of rotatable bonds is 14. The summed E-state index contributed by atoms with van der Waals surface area (Å²) < 4.78 is 23.6. The van der Waals surface area contributed by atoms with Crippen molar-refractivity contribution in [2.45, 2.75) is 71.0 Å². The normalized spacial score (nSPS) is 13.3. The monoisotopic (exact) mass is 886 g/mol. The van der Waals surface area contributed by atoms with Crippen molar-refractivity contribution in [2.75, 3.05) is 27.4 Å². The fourth-order valence-electron chi connectivity index (χ4n) is 9.19. The van der Waals surface area contributed by atoms with E-state index in [0.717, 1.165) is 122 Å². The van der Waals surface area contributed by atoms with Gasteiger partial charge in [0.2, 0.25) is 0 Å². The van der Waals surface area contributed by atoms with E-state index in [9.17, 15) is 0 Å². The van der Waals surface area contributed by atoms with Crippen molar-refractivity contribution in [3.63, 3.8) is 0 Å². The number of aromatic nitrogens is 4. The van der Waals surface area contributed by atoms with Crippen molar-refractivity contribution >= 4 is 46.4 Å². The molecule has 7 aromatic rings. The zero-order valence-electron chi connectivity index (χ0n) is 39.3. The number of H-pyrrole nitrogens is 2.